The highest BCUT2D eigenvalue weighted by Gasteiger charge is 2.23. The fraction of sp³-hybridized carbons (Fsp3) is 0.0870. The second-order valence-corrected chi connectivity index (χ2v) is 7.02. The minimum atomic E-state index is -0.549. The molecule has 2 heterocycles. The van der Waals surface area contributed by atoms with Crippen molar-refractivity contribution in [2.45, 2.75) is 13.0 Å². The summed E-state index contributed by atoms with van der Waals surface area (Å²) < 4.78 is 11.0. The Morgan fingerprint density at radius 3 is 2.73 bits per heavy atom. The van der Waals surface area contributed by atoms with Gasteiger partial charge in [0.1, 0.15) is 11.3 Å². The first-order valence-corrected chi connectivity index (χ1v) is 9.46. The SMILES string of the molecule is CC1Oc2ccc(NC(=O)c3ccc4noc(-c5ccccc5)c4c3)cc2NC1=O. The lowest BCUT2D eigenvalue weighted by molar-refractivity contribution is -0.122. The molecule has 4 aromatic rings. The summed E-state index contributed by atoms with van der Waals surface area (Å²) in [4.78, 5) is 24.7. The van der Waals surface area contributed by atoms with Gasteiger partial charge in [0.15, 0.2) is 11.9 Å². The van der Waals surface area contributed by atoms with E-state index in [1.54, 1.807) is 43.3 Å². The molecule has 1 aromatic heterocycles. The van der Waals surface area contributed by atoms with Gasteiger partial charge in [-0.1, -0.05) is 35.5 Å². The first-order chi connectivity index (χ1) is 14.6. The molecular weight excluding hydrogens is 382 g/mol. The predicted octanol–water partition coefficient (Wildman–Crippen LogP) is 4.47. The van der Waals surface area contributed by atoms with Crippen LogP contribution in [0.3, 0.4) is 0 Å². The molecule has 1 aliphatic heterocycles. The van der Waals surface area contributed by atoms with Crippen LogP contribution >= 0.6 is 0 Å². The topological polar surface area (TPSA) is 93.5 Å². The van der Waals surface area contributed by atoms with Gasteiger partial charge in [-0.3, -0.25) is 9.59 Å². The van der Waals surface area contributed by atoms with Gasteiger partial charge in [-0.25, -0.2) is 0 Å². The van der Waals surface area contributed by atoms with E-state index in [0.717, 1.165) is 10.9 Å². The van der Waals surface area contributed by atoms with Gasteiger partial charge in [0, 0.05) is 16.8 Å². The Morgan fingerprint density at radius 1 is 1.07 bits per heavy atom. The summed E-state index contributed by atoms with van der Waals surface area (Å²) in [5.41, 5.74) is 3.10. The van der Waals surface area contributed by atoms with Crippen LogP contribution in [0.15, 0.2) is 71.3 Å². The molecule has 1 aliphatic rings. The Balaban J connectivity index is 1.43. The number of hydrogen-bond acceptors (Lipinski definition) is 5. The molecule has 0 aliphatic carbocycles. The van der Waals surface area contributed by atoms with Crippen LogP contribution in [0.2, 0.25) is 0 Å². The standard InChI is InChI=1S/C23H17N3O4/c1-13-22(27)25-19-12-16(8-10-20(19)29-13)24-23(28)15-7-9-18-17(11-15)21(30-26-18)14-5-3-2-4-6-14/h2-13H,1H3,(H,24,28)(H,25,27). The fourth-order valence-corrected chi connectivity index (χ4v) is 3.37. The zero-order valence-electron chi connectivity index (χ0n) is 16.0. The molecule has 1 unspecified atom stereocenters. The van der Waals surface area contributed by atoms with Gasteiger partial charge >= 0.3 is 0 Å². The minimum absolute atomic E-state index is 0.225. The van der Waals surface area contributed by atoms with Crippen molar-refractivity contribution in [2.24, 2.45) is 0 Å². The number of carbonyl (C=O) groups excluding carboxylic acids is 2. The molecule has 0 fully saturated rings. The van der Waals surface area contributed by atoms with Crippen molar-refractivity contribution < 1.29 is 18.8 Å². The first-order valence-electron chi connectivity index (χ1n) is 9.46. The maximum absolute atomic E-state index is 12.8. The van der Waals surface area contributed by atoms with Crippen molar-refractivity contribution in [3.05, 3.63) is 72.3 Å². The van der Waals surface area contributed by atoms with Crippen LogP contribution in [0, 0.1) is 0 Å². The van der Waals surface area contributed by atoms with E-state index in [1.165, 1.54) is 0 Å². The molecule has 5 rings (SSSR count). The van der Waals surface area contributed by atoms with E-state index in [4.69, 9.17) is 9.26 Å². The molecule has 7 nitrogen and oxygen atoms in total. The number of fused-ring (bicyclic) bond motifs is 2. The number of aromatic nitrogens is 1. The average Bonchev–Trinajstić information content (AvgIpc) is 3.18. The zero-order valence-corrected chi connectivity index (χ0v) is 16.0. The van der Waals surface area contributed by atoms with E-state index in [9.17, 15) is 9.59 Å². The largest absolute Gasteiger partial charge is 0.479 e. The number of carbonyl (C=O) groups is 2. The molecule has 148 valence electrons. The molecular formula is C23H17N3O4. The monoisotopic (exact) mass is 399 g/mol. The zero-order chi connectivity index (χ0) is 20.7. The summed E-state index contributed by atoms with van der Waals surface area (Å²) in [5.74, 6) is 0.673. The average molecular weight is 399 g/mol. The van der Waals surface area contributed by atoms with E-state index < -0.39 is 6.10 Å². The van der Waals surface area contributed by atoms with Crippen LogP contribution in [0.5, 0.6) is 5.75 Å². The van der Waals surface area contributed by atoms with Crippen molar-refractivity contribution in [1.82, 2.24) is 5.16 Å². The number of nitrogens with one attached hydrogen (secondary N) is 2. The fourth-order valence-electron chi connectivity index (χ4n) is 3.37. The number of ether oxygens (including phenoxy) is 1. The van der Waals surface area contributed by atoms with Gasteiger partial charge in [-0.05, 0) is 43.3 Å². The maximum atomic E-state index is 12.8. The molecule has 1 atom stereocenters. The minimum Gasteiger partial charge on any atom is -0.479 e. The highest BCUT2D eigenvalue weighted by atomic mass is 16.5. The van der Waals surface area contributed by atoms with E-state index >= 15 is 0 Å². The second-order valence-electron chi connectivity index (χ2n) is 7.02. The lowest BCUT2D eigenvalue weighted by atomic mass is 10.1. The van der Waals surface area contributed by atoms with Gasteiger partial charge in [0.25, 0.3) is 11.8 Å². The Morgan fingerprint density at radius 2 is 1.90 bits per heavy atom. The smallest absolute Gasteiger partial charge is 0.265 e. The molecule has 3 aromatic carbocycles. The first kappa shape index (κ1) is 17.9. The highest BCUT2D eigenvalue weighted by molar-refractivity contribution is 6.08. The summed E-state index contributed by atoms with van der Waals surface area (Å²) >= 11 is 0. The Hall–Kier alpha value is -4.13. The third-order valence-corrected chi connectivity index (χ3v) is 4.94. The van der Waals surface area contributed by atoms with Crippen LogP contribution in [0.1, 0.15) is 17.3 Å². The van der Waals surface area contributed by atoms with E-state index in [1.807, 2.05) is 30.3 Å². The molecule has 30 heavy (non-hydrogen) atoms. The van der Waals surface area contributed by atoms with Crippen LogP contribution in [0.25, 0.3) is 22.2 Å². The van der Waals surface area contributed by atoms with Crippen LogP contribution in [0.4, 0.5) is 11.4 Å². The van der Waals surface area contributed by atoms with E-state index in [-0.39, 0.29) is 11.8 Å². The summed E-state index contributed by atoms with van der Waals surface area (Å²) in [6.45, 7) is 1.68. The molecule has 0 saturated heterocycles. The van der Waals surface area contributed by atoms with Crippen molar-refractivity contribution in [1.29, 1.82) is 0 Å². The summed E-state index contributed by atoms with van der Waals surface area (Å²) in [5, 5.41) is 10.5. The van der Waals surface area contributed by atoms with Crippen LogP contribution in [-0.4, -0.2) is 23.1 Å². The molecule has 0 spiro atoms. The number of benzene rings is 3. The van der Waals surface area contributed by atoms with Crippen molar-refractivity contribution in [2.75, 3.05) is 10.6 Å². The van der Waals surface area contributed by atoms with Gasteiger partial charge in [0.05, 0.1) is 11.1 Å². The quantitative estimate of drug-likeness (QED) is 0.530. The number of anilines is 2. The molecule has 2 amide bonds. The van der Waals surface area contributed by atoms with E-state index in [0.29, 0.717) is 34.0 Å². The summed E-state index contributed by atoms with van der Waals surface area (Å²) in [6.07, 6.45) is -0.549. The third-order valence-electron chi connectivity index (χ3n) is 4.94. The highest BCUT2D eigenvalue weighted by Crippen LogP contribution is 2.33. The lowest BCUT2D eigenvalue weighted by Crippen LogP contribution is -2.34. The molecule has 0 saturated carbocycles. The van der Waals surface area contributed by atoms with Crippen molar-refractivity contribution in [3.63, 3.8) is 0 Å². The van der Waals surface area contributed by atoms with Gasteiger partial charge < -0.3 is 19.9 Å². The van der Waals surface area contributed by atoms with Crippen molar-refractivity contribution in [3.8, 4) is 17.1 Å². The lowest BCUT2D eigenvalue weighted by Gasteiger charge is -2.23. The Kier molecular flexibility index (Phi) is 4.21. The third kappa shape index (κ3) is 3.16. The van der Waals surface area contributed by atoms with Gasteiger partial charge in [-0.2, -0.15) is 0 Å². The molecule has 2 N–H and O–H groups in total. The number of nitrogens with zero attached hydrogens (tertiary/aromatic N) is 1. The van der Waals surface area contributed by atoms with E-state index in [2.05, 4.69) is 15.8 Å². The summed E-state index contributed by atoms with van der Waals surface area (Å²) in [6, 6.07) is 19.9. The van der Waals surface area contributed by atoms with Crippen molar-refractivity contribution >= 4 is 34.1 Å². The predicted molar refractivity (Wildman–Crippen MR) is 113 cm³/mol. The van der Waals surface area contributed by atoms with Gasteiger partial charge in [-0.15, -0.1) is 0 Å². The molecule has 7 heteroatoms. The van der Waals surface area contributed by atoms with Crippen LogP contribution < -0.4 is 15.4 Å². The Labute approximate surface area is 171 Å². The normalized spacial score (nSPS) is 15.2. The molecule has 0 radical (unpaired) electrons. The molecule has 0 bridgehead atoms. The second kappa shape index (κ2) is 7.04. The number of hydrogen-bond donors (Lipinski definition) is 2. The number of amides is 2. The Bertz CT molecular complexity index is 1280. The number of rotatable bonds is 3. The summed E-state index contributed by atoms with van der Waals surface area (Å²) in [7, 11) is 0. The van der Waals surface area contributed by atoms with Crippen LogP contribution in [-0.2, 0) is 4.79 Å². The maximum Gasteiger partial charge on any atom is 0.265 e. The van der Waals surface area contributed by atoms with Gasteiger partial charge in [0.2, 0.25) is 0 Å².